The van der Waals surface area contributed by atoms with Crippen LogP contribution in [0, 0.1) is 11.6 Å². The Morgan fingerprint density at radius 3 is 2.78 bits per heavy atom. The Bertz CT molecular complexity index is 542. The van der Waals surface area contributed by atoms with Gasteiger partial charge in [0.2, 0.25) is 0 Å². The van der Waals surface area contributed by atoms with E-state index >= 15 is 0 Å². The summed E-state index contributed by atoms with van der Waals surface area (Å²) in [6.07, 6.45) is 0.632. The van der Waals surface area contributed by atoms with E-state index in [1.54, 1.807) is 24.5 Å². The quantitative estimate of drug-likeness (QED) is 0.881. The van der Waals surface area contributed by atoms with E-state index in [1.165, 1.54) is 6.07 Å². The predicted molar refractivity (Wildman–Crippen MR) is 73.9 cm³/mol. The fourth-order valence-electron chi connectivity index (χ4n) is 1.82. The monoisotopic (exact) mass is 331 g/mol. The van der Waals surface area contributed by atoms with Crippen molar-refractivity contribution in [2.24, 2.45) is 0 Å². The summed E-state index contributed by atoms with van der Waals surface area (Å²) in [7, 11) is 1.75. The molecule has 0 bridgehead atoms. The second-order valence-corrected chi connectivity index (χ2v) is 5.83. The molecule has 0 radical (unpaired) electrons. The molecule has 18 heavy (non-hydrogen) atoms. The Labute approximate surface area is 117 Å². The van der Waals surface area contributed by atoms with E-state index in [1.807, 2.05) is 11.4 Å². The van der Waals surface area contributed by atoms with E-state index < -0.39 is 11.6 Å². The van der Waals surface area contributed by atoms with Crippen molar-refractivity contribution in [2.45, 2.75) is 12.5 Å². The van der Waals surface area contributed by atoms with Gasteiger partial charge < -0.3 is 5.32 Å². The molecule has 0 aliphatic heterocycles. The zero-order valence-electron chi connectivity index (χ0n) is 9.71. The topological polar surface area (TPSA) is 12.0 Å². The van der Waals surface area contributed by atoms with Gasteiger partial charge in [0, 0.05) is 32.8 Å². The van der Waals surface area contributed by atoms with Crippen LogP contribution in [0.2, 0.25) is 0 Å². The molecule has 5 heteroatoms. The lowest BCUT2D eigenvalue weighted by Crippen LogP contribution is -2.20. The summed E-state index contributed by atoms with van der Waals surface area (Å²) in [6.45, 7) is 0. The van der Waals surface area contributed by atoms with Crippen LogP contribution in [0.25, 0.3) is 0 Å². The number of benzene rings is 1. The molecule has 0 saturated carbocycles. The standard InChI is InChI=1S/C13H12BrF2NS/c1-17-12(6-9-5-8(14)7-18-9)10-3-2-4-11(15)13(10)16/h2-5,7,12,17H,6H2,1H3. The largest absolute Gasteiger partial charge is 0.313 e. The first kappa shape index (κ1) is 13.6. The average molecular weight is 332 g/mol. The van der Waals surface area contributed by atoms with Gasteiger partial charge in [0.05, 0.1) is 0 Å². The van der Waals surface area contributed by atoms with Crippen LogP contribution >= 0.6 is 27.3 Å². The first-order valence-corrected chi connectivity index (χ1v) is 7.13. The number of nitrogens with one attached hydrogen (secondary N) is 1. The van der Waals surface area contributed by atoms with Crippen LogP contribution in [-0.2, 0) is 6.42 Å². The van der Waals surface area contributed by atoms with Gasteiger partial charge >= 0.3 is 0 Å². The zero-order chi connectivity index (χ0) is 13.1. The van der Waals surface area contributed by atoms with Crippen LogP contribution in [0.15, 0.2) is 34.1 Å². The summed E-state index contributed by atoms with van der Waals surface area (Å²) in [6, 6.07) is 6.04. The third-order valence-electron chi connectivity index (χ3n) is 2.73. The van der Waals surface area contributed by atoms with Gasteiger partial charge in [-0.05, 0) is 35.1 Å². The SMILES string of the molecule is CNC(Cc1cc(Br)cs1)c1cccc(F)c1F. The van der Waals surface area contributed by atoms with E-state index in [0.717, 1.165) is 15.4 Å². The minimum atomic E-state index is -0.805. The van der Waals surface area contributed by atoms with Gasteiger partial charge in [-0.2, -0.15) is 0 Å². The highest BCUT2D eigenvalue weighted by molar-refractivity contribution is 9.10. The summed E-state index contributed by atoms with van der Waals surface area (Å²) < 4.78 is 27.9. The molecular formula is C13H12BrF2NS. The maximum atomic E-state index is 13.7. The first-order chi connectivity index (χ1) is 8.61. The lowest BCUT2D eigenvalue weighted by molar-refractivity contribution is 0.474. The Balaban J connectivity index is 2.25. The Hall–Kier alpha value is -0.780. The lowest BCUT2D eigenvalue weighted by atomic mass is 10.0. The Kier molecular flexibility index (Phi) is 4.48. The van der Waals surface area contributed by atoms with Crippen molar-refractivity contribution in [3.8, 4) is 0 Å². The van der Waals surface area contributed by atoms with Crippen LogP contribution in [0.3, 0.4) is 0 Å². The molecule has 0 saturated heterocycles. The van der Waals surface area contributed by atoms with Crippen molar-refractivity contribution < 1.29 is 8.78 Å². The molecule has 2 rings (SSSR count). The molecule has 0 fully saturated rings. The van der Waals surface area contributed by atoms with Crippen molar-refractivity contribution in [3.05, 3.63) is 56.2 Å². The van der Waals surface area contributed by atoms with Gasteiger partial charge in [0.15, 0.2) is 11.6 Å². The summed E-state index contributed by atoms with van der Waals surface area (Å²) in [5.74, 6) is -1.58. The third kappa shape index (κ3) is 2.96. The highest BCUT2D eigenvalue weighted by atomic mass is 79.9. The molecule has 0 amide bonds. The van der Waals surface area contributed by atoms with Crippen LogP contribution < -0.4 is 5.32 Å². The van der Waals surface area contributed by atoms with E-state index in [-0.39, 0.29) is 6.04 Å². The Morgan fingerprint density at radius 2 is 2.17 bits per heavy atom. The molecule has 0 aliphatic rings. The maximum Gasteiger partial charge on any atom is 0.163 e. The number of thiophene rings is 1. The lowest BCUT2D eigenvalue weighted by Gasteiger charge is -2.16. The third-order valence-corrected chi connectivity index (χ3v) is 4.45. The van der Waals surface area contributed by atoms with Crippen molar-refractivity contribution in [2.75, 3.05) is 7.05 Å². The van der Waals surface area contributed by atoms with Gasteiger partial charge in [-0.1, -0.05) is 12.1 Å². The normalized spacial score (nSPS) is 12.7. The van der Waals surface area contributed by atoms with Crippen molar-refractivity contribution in [1.29, 1.82) is 0 Å². The molecule has 0 aliphatic carbocycles. The van der Waals surface area contributed by atoms with Crippen molar-refractivity contribution >= 4 is 27.3 Å². The average Bonchev–Trinajstić information content (AvgIpc) is 2.76. The van der Waals surface area contributed by atoms with Crippen molar-refractivity contribution in [3.63, 3.8) is 0 Å². The number of rotatable bonds is 4. The van der Waals surface area contributed by atoms with Gasteiger partial charge in [-0.25, -0.2) is 8.78 Å². The maximum absolute atomic E-state index is 13.7. The van der Waals surface area contributed by atoms with E-state index in [9.17, 15) is 8.78 Å². The van der Waals surface area contributed by atoms with Gasteiger partial charge in [0.25, 0.3) is 0 Å². The summed E-state index contributed by atoms with van der Waals surface area (Å²) in [4.78, 5) is 1.12. The van der Waals surface area contributed by atoms with Gasteiger partial charge in [-0.3, -0.25) is 0 Å². The zero-order valence-corrected chi connectivity index (χ0v) is 12.1. The fourth-order valence-corrected chi connectivity index (χ4v) is 3.32. The minimum Gasteiger partial charge on any atom is -0.313 e. The fraction of sp³-hybridized carbons (Fsp3) is 0.231. The molecule has 2 aromatic rings. The van der Waals surface area contributed by atoms with Crippen LogP contribution in [0.1, 0.15) is 16.5 Å². The number of hydrogen-bond acceptors (Lipinski definition) is 2. The molecule has 1 aromatic carbocycles. The highest BCUT2D eigenvalue weighted by Gasteiger charge is 2.17. The first-order valence-electron chi connectivity index (χ1n) is 5.46. The van der Waals surface area contributed by atoms with Crippen LogP contribution in [0.4, 0.5) is 8.78 Å². The highest BCUT2D eigenvalue weighted by Crippen LogP contribution is 2.27. The number of halogens is 3. The van der Waals surface area contributed by atoms with Crippen LogP contribution in [-0.4, -0.2) is 7.05 Å². The van der Waals surface area contributed by atoms with E-state index in [2.05, 4.69) is 21.2 Å². The molecule has 1 aromatic heterocycles. The Morgan fingerprint density at radius 1 is 1.39 bits per heavy atom. The van der Waals surface area contributed by atoms with Crippen LogP contribution in [0.5, 0.6) is 0 Å². The second kappa shape index (κ2) is 5.91. The molecule has 1 atom stereocenters. The number of hydrogen-bond donors (Lipinski definition) is 1. The summed E-state index contributed by atoms with van der Waals surface area (Å²) in [5.41, 5.74) is 0.363. The minimum absolute atomic E-state index is 0.230. The summed E-state index contributed by atoms with van der Waals surface area (Å²) >= 11 is 4.98. The van der Waals surface area contributed by atoms with E-state index in [0.29, 0.717) is 12.0 Å². The molecule has 1 nitrogen and oxygen atoms in total. The molecule has 1 N–H and O–H groups in total. The molecule has 0 spiro atoms. The second-order valence-electron chi connectivity index (χ2n) is 3.92. The van der Waals surface area contributed by atoms with Gasteiger partial charge in [-0.15, -0.1) is 11.3 Å². The predicted octanol–water partition coefficient (Wildman–Crippen LogP) is 4.29. The summed E-state index contributed by atoms with van der Waals surface area (Å²) in [5, 5.41) is 5.01. The number of likely N-dealkylation sites (N-methyl/N-ethyl adjacent to an activating group) is 1. The molecular weight excluding hydrogens is 320 g/mol. The molecule has 1 heterocycles. The molecule has 1 unspecified atom stereocenters. The van der Waals surface area contributed by atoms with Gasteiger partial charge in [0.1, 0.15) is 0 Å². The van der Waals surface area contributed by atoms with Crippen molar-refractivity contribution in [1.82, 2.24) is 5.32 Å². The van der Waals surface area contributed by atoms with E-state index in [4.69, 9.17) is 0 Å². The smallest absolute Gasteiger partial charge is 0.163 e. The molecule has 96 valence electrons.